The second-order valence-corrected chi connectivity index (χ2v) is 3.98. The Labute approximate surface area is 80.4 Å². The van der Waals surface area contributed by atoms with Crippen LogP contribution in [0.15, 0.2) is 4.99 Å². The van der Waals surface area contributed by atoms with E-state index in [0.717, 1.165) is 12.8 Å². The molecule has 0 spiro atoms. The van der Waals surface area contributed by atoms with Gasteiger partial charge >= 0.3 is 0 Å². The van der Waals surface area contributed by atoms with Gasteiger partial charge in [0.1, 0.15) is 0 Å². The average Bonchev–Trinajstić information content (AvgIpc) is 2.18. The van der Waals surface area contributed by atoms with Gasteiger partial charge in [-0.1, -0.05) is 33.1 Å². The number of hydrogen-bond acceptors (Lipinski definition) is 2. The Morgan fingerprint density at radius 3 is 2.15 bits per heavy atom. The van der Waals surface area contributed by atoms with E-state index in [1.165, 1.54) is 19.3 Å². The van der Waals surface area contributed by atoms with Crippen molar-refractivity contribution < 1.29 is 4.79 Å². The van der Waals surface area contributed by atoms with Gasteiger partial charge in [0.2, 0.25) is 6.08 Å². The van der Waals surface area contributed by atoms with Crippen molar-refractivity contribution >= 4 is 6.08 Å². The Morgan fingerprint density at radius 1 is 1.23 bits per heavy atom. The summed E-state index contributed by atoms with van der Waals surface area (Å²) in [7, 11) is 0. The lowest BCUT2D eigenvalue weighted by molar-refractivity contribution is 0.212. The second kappa shape index (κ2) is 5.18. The molecule has 0 saturated heterocycles. The average molecular weight is 181 g/mol. The fraction of sp³-hybridized carbons (Fsp3) is 0.909. The van der Waals surface area contributed by atoms with Crippen LogP contribution in [0.25, 0.3) is 0 Å². The maximum Gasteiger partial charge on any atom is 0.235 e. The van der Waals surface area contributed by atoms with Crippen molar-refractivity contribution in [3.05, 3.63) is 0 Å². The third-order valence-electron chi connectivity index (χ3n) is 3.37. The predicted molar refractivity (Wildman–Crippen MR) is 53.3 cm³/mol. The van der Waals surface area contributed by atoms with Crippen molar-refractivity contribution in [1.82, 2.24) is 0 Å². The van der Waals surface area contributed by atoms with E-state index in [-0.39, 0.29) is 6.04 Å². The van der Waals surface area contributed by atoms with Crippen molar-refractivity contribution in [2.24, 2.45) is 16.8 Å². The Kier molecular flexibility index (Phi) is 4.17. The number of hydrogen-bond donors (Lipinski definition) is 0. The molecule has 1 aliphatic carbocycles. The van der Waals surface area contributed by atoms with Crippen LogP contribution in [0.2, 0.25) is 0 Å². The highest BCUT2D eigenvalue weighted by Gasteiger charge is 2.30. The molecule has 3 atom stereocenters. The van der Waals surface area contributed by atoms with E-state index < -0.39 is 0 Å². The van der Waals surface area contributed by atoms with E-state index in [1.54, 1.807) is 6.08 Å². The zero-order valence-electron chi connectivity index (χ0n) is 8.62. The van der Waals surface area contributed by atoms with E-state index in [4.69, 9.17) is 0 Å². The summed E-state index contributed by atoms with van der Waals surface area (Å²) >= 11 is 0. The first-order chi connectivity index (χ1) is 6.33. The van der Waals surface area contributed by atoms with E-state index in [9.17, 15) is 4.79 Å². The van der Waals surface area contributed by atoms with Crippen molar-refractivity contribution in [3.8, 4) is 0 Å². The van der Waals surface area contributed by atoms with Gasteiger partial charge in [-0.15, -0.1) is 0 Å². The normalized spacial score (nSPS) is 33.8. The Hall–Kier alpha value is -0.620. The van der Waals surface area contributed by atoms with Crippen LogP contribution < -0.4 is 0 Å². The highest BCUT2D eigenvalue weighted by Crippen LogP contribution is 2.35. The quantitative estimate of drug-likeness (QED) is 0.486. The molecule has 1 rings (SSSR count). The molecule has 13 heavy (non-hydrogen) atoms. The van der Waals surface area contributed by atoms with Gasteiger partial charge in [0, 0.05) is 0 Å². The lowest BCUT2D eigenvalue weighted by Gasteiger charge is -2.33. The highest BCUT2D eigenvalue weighted by atomic mass is 16.1. The van der Waals surface area contributed by atoms with Gasteiger partial charge in [-0.05, 0) is 24.7 Å². The Morgan fingerprint density at radius 2 is 1.77 bits per heavy atom. The van der Waals surface area contributed by atoms with Crippen LogP contribution >= 0.6 is 0 Å². The fourth-order valence-corrected chi connectivity index (χ4v) is 2.53. The smallest absolute Gasteiger partial charge is 0.211 e. The van der Waals surface area contributed by atoms with Gasteiger partial charge in [0.15, 0.2) is 0 Å². The Balaban J connectivity index is 2.69. The number of nitrogens with zero attached hydrogens (tertiary/aromatic N) is 1. The van der Waals surface area contributed by atoms with Crippen LogP contribution in [-0.4, -0.2) is 12.1 Å². The molecule has 0 aromatic rings. The minimum Gasteiger partial charge on any atom is -0.211 e. The van der Waals surface area contributed by atoms with Crippen molar-refractivity contribution in [2.75, 3.05) is 0 Å². The van der Waals surface area contributed by atoms with Gasteiger partial charge in [0.25, 0.3) is 0 Å². The minimum absolute atomic E-state index is 0.265. The van der Waals surface area contributed by atoms with Crippen molar-refractivity contribution in [3.63, 3.8) is 0 Å². The molecule has 0 bridgehead atoms. The third kappa shape index (κ3) is 2.41. The first-order valence-corrected chi connectivity index (χ1v) is 5.40. The molecular weight excluding hydrogens is 162 g/mol. The molecule has 0 aromatic carbocycles. The van der Waals surface area contributed by atoms with E-state index in [2.05, 4.69) is 18.8 Å². The number of rotatable bonds is 3. The van der Waals surface area contributed by atoms with Crippen molar-refractivity contribution in [2.45, 2.75) is 52.0 Å². The van der Waals surface area contributed by atoms with E-state index >= 15 is 0 Å². The Bertz CT molecular complexity index is 184. The number of aliphatic imine (C=N–C) groups is 1. The predicted octanol–water partition coefficient (Wildman–Crippen LogP) is 2.93. The third-order valence-corrected chi connectivity index (χ3v) is 3.37. The summed E-state index contributed by atoms with van der Waals surface area (Å²) in [4.78, 5) is 14.3. The molecule has 1 aliphatic rings. The molecule has 1 fully saturated rings. The molecule has 0 heterocycles. The molecule has 0 aromatic heterocycles. The summed E-state index contributed by atoms with van der Waals surface area (Å²) in [5.41, 5.74) is 0. The second-order valence-electron chi connectivity index (χ2n) is 3.98. The fourth-order valence-electron chi connectivity index (χ4n) is 2.53. The van der Waals surface area contributed by atoms with Crippen LogP contribution in [0, 0.1) is 11.8 Å². The summed E-state index contributed by atoms with van der Waals surface area (Å²) in [5, 5.41) is 0. The van der Waals surface area contributed by atoms with Gasteiger partial charge in [-0.25, -0.2) is 9.79 Å². The maximum absolute atomic E-state index is 10.3. The SMILES string of the molecule is CC[C@@H]1CCC[C@H](CC)[C@@H]1N=C=O. The standard InChI is InChI=1S/C11H19NO/c1-3-9-6-5-7-10(4-2)11(9)12-8-13/h9-11H,3-7H2,1-2H3/t9-,10+,11-. The van der Waals surface area contributed by atoms with Crippen LogP contribution in [0.3, 0.4) is 0 Å². The van der Waals surface area contributed by atoms with Crippen LogP contribution in [0.1, 0.15) is 46.0 Å². The van der Waals surface area contributed by atoms with Gasteiger partial charge in [0.05, 0.1) is 6.04 Å². The first kappa shape index (κ1) is 10.5. The topological polar surface area (TPSA) is 29.4 Å². The zero-order valence-corrected chi connectivity index (χ0v) is 8.62. The van der Waals surface area contributed by atoms with Gasteiger partial charge < -0.3 is 0 Å². The molecule has 0 aliphatic heterocycles. The summed E-state index contributed by atoms with van der Waals surface area (Å²) in [6, 6.07) is 0.265. The monoisotopic (exact) mass is 181 g/mol. The summed E-state index contributed by atoms with van der Waals surface area (Å²) in [6.07, 6.45) is 7.82. The molecule has 0 amide bonds. The molecule has 2 heteroatoms. The van der Waals surface area contributed by atoms with Crippen LogP contribution in [0.5, 0.6) is 0 Å². The summed E-state index contributed by atoms with van der Waals surface area (Å²) in [5.74, 6) is 1.25. The van der Waals surface area contributed by atoms with Crippen LogP contribution in [-0.2, 0) is 4.79 Å². The zero-order chi connectivity index (χ0) is 9.68. The molecule has 1 saturated carbocycles. The van der Waals surface area contributed by atoms with E-state index in [1.807, 2.05) is 0 Å². The molecule has 2 nitrogen and oxygen atoms in total. The summed E-state index contributed by atoms with van der Waals surface area (Å²) in [6.45, 7) is 4.38. The molecule has 0 radical (unpaired) electrons. The van der Waals surface area contributed by atoms with Crippen LogP contribution in [0.4, 0.5) is 0 Å². The minimum atomic E-state index is 0.265. The van der Waals surface area contributed by atoms with E-state index in [0.29, 0.717) is 11.8 Å². The molecule has 0 N–H and O–H groups in total. The lowest BCUT2D eigenvalue weighted by Crippen LogP contribution is -2.31. The first-order valence-electron chi connectivity index (χ1n) is 5.40. The maximum atomic E-state index is 10.3. The highest BCUT2D eigenvalue weighted by molar-refractivity contribution is 5.33. The molecule has 0 unspecified atom stereocenters. The number of isocyanates is 1. The lowest BCUT2D eigenvalue weighted by atomic mass is 9.75. The summed E-state index contributed by atoms with van der Waals surface area (Å²) < 4.78 is 0. The van der Waals surface area contributed by atoms with Gasteiger partial charge in [-0.3, -0.25) is 0 Å². The largest absolute Gasteiger partial charge is 0.235 e. The molecular formula is C11H19NO. The van der Waals surface area contributed by atoms with Gasteiger partial charge in [-0.2, -0.15) is 0 Å². The van der Waals surface area contributed by atoms with Crippen molar-refractivity contribution in [1.29, 1.82) is 0 Å². The molecule has 74 valence electrons. The number of carbonyl (C=O) groups excluding carboxylic acids is 1.